The average Bonchev–Trinajstić information content (AvgIpc) is 3.16. The predicted octanol–water partition coefficient (Wildman–Crippen LogP) is 4.68. The van der Waals surface area contributed by atoms with E-state index in [1.165, 1.54) is 6.07 Å². The summed E-state index contributed by atoms with van der Waals surface area (Å²) in [6.45, 7) is 7.93. The van der Waals surface area contributed by atoms with E-state index in [0.717, 1.165) is 50.8 Å². The number of methoxy groups -OCH3 is 1. The Bertz CT molecular complexity index is 1260. The summed E-state index contributed by atoms with van der Waals surface area (Å²) in [5, 5.41) is 5.19. The number of aromatic nitrogens is 1. The van der Waals surface area contributed by atoms with Gasteiger partial charge < -0.3 is 18.9 Å². The number of fused-ring (bicyclic) bond motifs is 2. The van der Waals surface area contributed by atoms with Gasteiger partial charge in [0.15, 0.2) is 5.58 Å². The average molecular weight is 429 g/mol. The lowest BCUT2D eigenvalue weighted by Gasteiger charge is -2.07. The monoisotopic (exact) mass is 428 g/mol. The summed E-state index contributed by atoms with van der Waals surface area (Å²) < 4.78 is 16.8. The molecule has 1 N–H and O–H groups in total. The second kappa shape index (κ2) is 9.00. The highest BCUT2D eigenvalue weighted by atomic mass is 35.5. The Morgan fingerprint density at radius 3 is 2.63 bits per heavy atom. The fraction of sp³-hybridized carbons (Fsp3) is 0.304. The van der Waals surface area contributed by atoms with Crippen LogP contribution in [0.4, 0.5) is 0 Å². The van der Waals surface area contributed by atoms with Gasteiger partial charge >= 0.3 is 5.63 Å². The first kappa shape index (κ1) is 22.0. The maximum absolute atomic E-state index is 12.3. The zero-order valence-corrected chi connectivity index (χ0v) is 18.3. The smallest absolute Gasteiger partial charge is 0.336 e. The van der Waals surface area contributed by atoms with Gasteiger partial charge in [-0.3, -0.25) is 4.98 Å². The highest BCUT2D eigenvalue weighted by Crippen LogP contribution is 2.35. The minimum Gasteiger partial charge on any atom is -0.454 e. The first-order valence-corrected chi connectivity index (χ1v) is 9.61. The van der Waals surface area contributed by atoms with Crippen LogP contribution in [0.5, 0.6) is 0 Å². The first-order valence-electron chi connectivity index (χ1n) is 9.61. The SMILES string of the molecule is COCCNCc1cnc(C)c2oc(-c3cc(=O)oc4c(C)c(C)ccc34)cc12.Cl. The lowest BCUT2D eigenvalue weighted by atomic mass is 10.0. The largest absolute Gasteiger partial charge is 0.454 e. The lowest BCUT2D eigenvalue weighted by Crippen LogP contribution is -2.18. The molecule has 4 rings (SSSR count). The third-order valence-electron chi connectivity index (χ3n) is 5.32. The summed E-state index contributed by atoms with van der Waals surface area (Å²) in [5.74, 6) is 0.635. The fourth-order valence-electron chi connectivity index (χ4n) is 3.54. The molecule has 3 heterocycles. The van der Waals surface area contributed by atoms with Gasteiger partial charge in [0, 0.05) is 48.8 Å². The molecule has 0 fully saturated rings. The van der Waals surface area contributed by atoms with Crippen LogP contribution in [0.3, 0.4) is 0 Å². The Morgan fingerprint density at radius 2 is 1.87 bits per heavy atom. The second-order valence-corrected chi connectivity index (χ2v) is 7.26. The third kappa shape index (κ3) is 3.99. The Kier molecular flexibility index (Phi) is 6.61. The summed E-state index contributed by atoms with van der Waals surface area (Å²) in [6.07, 6.45) is 1.86. The van der Waals surface area contributed by atoms with Gasteiger partial charge in [-0.15, -0.1) is 12.4 Å². The van der Waals surface area contributed by atoms with E-state index < -0.39 is 5.63 Å². The molecule has 7 heteroatoms. The maximum Gasteiger partial charge on any atom is 0.336 e. The number of nitrogens with one attached hydrogen (secondary N) is 1. The summed E-state index contributed by atoms with van der Waals surface area (Å²) in [6, 6.07) is 7.48. The highest BCUT2D eigenvalue weighted by molar-refractivity contribution is 5.97. The molecule has 6 nitrogen and oxygen atoms in total. The van der Waals surface area contributed by atoms with Crippen LogP contribution in [0.15, 0.2) is 44.1 Å². The fourth-order valence-corrected chi connectivity index (χ4v) is 3.54. The van der Waals surface area contributed by atoms with Crippen molar-refractivity contribution in [3.05, 3.63) is 63.3 Å². The van der Waals surface area contributed by atoms with Crippen molar-refractivity contribution in [3.63, 3.8) is 0 Å². The summed E-state index contributed by atoms with van der Waals surface area (Å²) in [5.41, 5.74) is 5.55. The van der Waals surface area contributed by atoms with Crippen molar-refractivity contribution in [3.8, 4) is 11.3 Å². The Hall–Kier alpha value is -2.67. The van der Waals surface area contributed by atoms with Crippen LogP contribution in [0.1, 0.15) is 22.4 Å². The molecule has 0 aliphatic carbocycles. The van der Waals surface area contributed by atoms with E-state index in [4.69, 9.17) is 13.6 Å². The van der Waals surface area contributed by atoms with Crippen LogP contribution >= 0.6 is 12.4 Å². The number of ether oxygens (including phenoxy) is 1. The molecule has 0 saturated carbocycles. The number of nitrogens with zero attached hydrogens (tertiary/aromatic N) is 1. The molecule has 4 aromatic rings. The van der Waals surface area contributed by atoms with Crippen molar-refractivity contribution in [2.24, 2.45) is 0 Å². The third-order valence-corrected chi connectivity index (χ3v) is 5.32. The van der Waals surface area contributed by atoms with Crippen molar-refractivity contribution in [1.29, 1.82) is 0 Å². The quantitative estimate of drug-likeness (QED) is 0.355. The minimum atomic E-state index is -0.391. The van der Waals surface area contributed by atoms with Gasteiger partial charge in [-0.25, -0.2) is 4.79 Å². The molecule has 1 aromatic carbocycles. The first-order chi connectivity index (χ1) is 14.0. The highest BCUT2D eigenvalue weighted by Gasteiger charge is 2.17. The summed E-state index contributed by atoms with van der Waals surface area (Å²) >= 11 is 0. The summed E-state index contributed by atoms with van der Waals surface area (Å²) in [7, 11) is 1.68. The van der Waals surface area contributed by atoms with E-state index in [1.807, 2.05) is 45.2 Å². The van der Waals surface area contributed by atoms with Gasteiger partial charge in [-0.05, 0) is 43.5 Å². The minimum absolute atomic E-state index is 0. The Morgan fingerprint density at radius 1 is 1.07 bits per heavy atom. The van der Waals surface area contributed by atoms with E-state index >= 15 is 0 Å². The van der Waals surface area contributed by atoms with Gasteiger partial charge in [0.25, 0.3) is 0 Å². The molecular formula is C23H25ClN2O4. The molecule has 0 radical (unpaired) electrons. The zero-order chi connectivity index (χ0) is 20.5. The normalized spacial score (nSPS) is 11.2. The molecule has 3 aromatic heterocycles. The van der Waals surface area contributed by atoms with E-state index in [0.29, 0.717) is 24.5 Å². The predicted molar refractivity (Wildman–Crippen MR) is 121 cm³/mol. The topological polar surface area (TPSA) is 77.5 Å². The molecule has 0 saturated heterocycles. The van der Waals surface area contributed by atoms with E-state index in [-0.39, 0.29) is 12.4 Å². The van der Waals surface area contributed by atoms with Gasteiger partial charge in [0.1, 0.15) is 11.3 Å². The van der Waals surface area contributed by atoms with Crippen molar-refractivity contribution in [2.45, 2.75) is 27.3 Å². The van der Waals surface area contributed by atoms with Crippen LogP contribution in [0.25, 0.3) is 33.3 Å². The molecule has 158 valence electrons. The van der Waals surface area contributed by atoms with E-state index in [2.05, 4.69) is 10.3 Å². The van der Waals surface area contributed by atoms with Crippen LogP contribution in [0.2, 0.25) is 0 Å². The molecule has 0 aliphatic rings. The second-order valence-electron chi connectivity index (χ2n) is 7.26. The van der Waals surface area contributed by atoms with Crippen molar-refractivity contribution in [1.82, 2.24) is 10.3 Å². The number of rotatable bonds is 6. The van der Waals surface area contributed by atoms with Crippen molar-refractivity contribution in [2.75, 3.05) is 20.3 Å². The van der Waals surface area contributed by atoms with Crippen LogP contribution in [0, 0.1) is 20.8 Å². The van der Waals surface area contributed by atoms with E-state index in [9.17, 15) is 4.79 Å². The van der Waals surface area contributed by atoms with Gasteiger partial charge in [0.2, 0.25) is 0 Å². The van der Waals surface area contributed by atoms with Crippen LogP contribution < -0.4 is 10.9 Å². The number of hydrogen-bond acceptors (Lipinski definition) is 6. The molecule has 0 spiro atoms. The number of aryl methyl sites for hydroxylation is 3. The number of furan rings is 1. The number of halogens is 1. The molecule has 0 aliphatic heterocycles. The van der Waals surface area contributed by atoms with E-state index in [1.54, 1.807) is 7.11 Å². The summed E-state index contributed by atoms with van der Waals surface area (Å²) in [4.78, 5) is 16.7. The molecule has 30 heavy (non-hydrogen) atoms. The number of hydrogen-bond donors (Lipinski definition) is 1. The maximum atomic E-state index is 12.3. The van der Waals surface area contributed by atoms with Crippen molar-refractivity contribution >= 4 is 34.3 Å². The molecule has 0 bridgehead atoms. The number of benzene rings is 1. The molecule has 0 amide bonds. The van der Waals surface area contributed by atoms with Crippen LogP contribution in [-0.4, -0.2) is 25.2 Å². The zero-order valence-electron chi connectivity index (χ0n) is 17.5. The lowest BCUT2D eigenvalue weighted by molar-refractivity contribution is 0.199. The van der Waals surface area contributed by atoms with Gasteiger partial charge in [-0.2, -0.15) is 0 Å². The Labute approximate surface area is 180 Å². The van der Waals surface area contributed by atoms with Crippen LogP contribution in [-0.2, 0) is 11.3 Å². The molecular weight excluding hydrogens is 404 g/mol. The number of pyridine rings is 1. The van der Waals surface area contributed by atoms with Gasteiger partial charge in [0.05, 0.1) is 12.3 Å². The Balaban J connectivity index is 0.00000256. The molecule has 0 unspecified atom stereocenters. The van der Waals surface area contributed by atoms with Gasteiger partial charge in [-0.1, -0.05) is 12.1 Å². The van der Waals surface area contributed by atoms with Crippen molar-refractivity contribution < 1.29 is 13.6 Å². The molecule has 0 atom stereocenters. The standard InChI is InChI=1S/C23H24N2O4.ClH/c1-13-5-6-17-19(10-21(26)29-22(17)14(13)2)20-9-18-16(11-24-7-8-27-4)12-25-15(3)23(18)28-20;/h5-6,9-10,12,24H,7-8,11H2,1-4H3;1H.